The van der Waals surface area contributed by atoms with Gasteiger partial charge in [0.2, 0.25) is 11.9 Å². The Morgan fingerprint density at radius 1 is 1.17 bits per heavy atom. The fraction of sp³-hybridized carbons (Fsp3) is 0.222. The van der Waals surface area contributed by atoms with Gasteiger partial charge in [0.15, 0.2) is 5.65 Å². The number of hydrogen-bond acceptors (Lipinski definition) is 4. The van der Waals surface area contributed by atoms with Crippen LogP contribution in [0.2, 0.25) is 0 Å². The van der Waals surface area contributed by atoms with Gasteiger partial charge >= 0.3 is 0 Å². The molecule has 0 radical (unpaired) electrons. The molecule has 0 aliphatic heterocycles. The van der Waals surface area contributed by atoms with Gasteiger partial charge in [-0.2, -0.15) is 4.98 Å². The Hall–Kier alpha value is -2.53. The van der Waals surface area contributed by atoms with Crippen LogP contribution in [0, 0.1) is 0 Å². The van der Waals surface area contributed by atoms with Crippen molar-refractivity contribution in [3.05, 3.63) is 53.9 Å². The second-order valence-electron chi connectivity index (χ2n) is 5.76. The number of amides is 1. The maximum Gasteiger partial charge on any atom is 0.248 e. The zero-order valence-corrected chi connectivity index (χ0v) is 13.7. The SMILES string of the molecule is O=C(CCl)N(c1ccc2c(c1)CCC2)c1ncc2cccnc2n1. The average Bonchev–Trinajstić information content (AvgIpc) is 3.09. The minimum absolute atomic E-state index is 0.138. The Morgan fingerprint density at radius 2 is 2.04 bits per heavy atom. The van der Waals surface area contributed by atoms with Crippen molar-refractivity contribution in [2.75, 3.05) is 10.8 Å². The van der Waals surface area contributed by atoms with Crippen LogP contribution >= 0.6 is 11.6 Å². The van der Waals surface area contributed by atoms with Gasteiger partial charge in [0.05, 0.1) is 5.69 Å². The molecule has 6 heteroatoms. The first kappa shape index (κ1) is 15.0. The van der Waals surface area contributed by atoms with E-state index in [9.17, 15) is 4.79 Å². The van der Waals surface area contributed by atoms with Gasteiger partial charge in [-0.25, -0.2) is 14.9 Å². The van der Waals surface area contributed by atoms with Crippen molar-refractivity contribution in [1.29, 1.82) is 0 Å². The van der Waals surface area contributed by atoms with Crippen LogP contribution in [0.4, 0.5) is 11.6 Å². The van der Waals surface area contributed by atoms with Crippen molar-refractivity contribution in [3.63, 3.8) is 0 Å². The summed E-state index contributed by atoms with van der Waals surface area (Å²) in [5.41, 5.74) is 3.92. The van der Waals surface area contributed by atoms with Crippen LogP contribution in [-0.4, -0.2) is 26.7 Å². The quantitative estimate of drug-likeness (QED) is 0.687. The second kappa shape index (κ2) is 6.17. The molecule has 1 aliphatic carbocycles. The van der Waals surface area contributed by atoms with Crippen LogP contribution in [0.25, 0.3) is 11.0 Å². The second-order valence-corrected chi connectivity index (χ2v) is 6.02. The topological polar surface area (TPSA) is 59.0 Å². The summed E-state index contributed by atoms with van der Waals surface area (Å²) in [5, 5.41) is 0.827. The number of nitrogens with zero attached hydrogens (tertiary/aromatic N) is 4. The molecule has 2 heterocycles. The monoisotopic (exact) mass is 338 g/mol. The highest BCUT2D eigenvalue weighted by atomic mass is 35.5. The number of aromatic nitrogens is 3. The molecule has 0 atom stereocenters. The maximum atomic E-state index is 12.4. The smallest absolute Gasteiger partial charge is 0.248 e. The first-order valence-electron chi connectivity index (χ1n) is 7.85. The number of pyridine rings is 1. The standard InChI is InChI=1S/C18H15ClN4O/c19-10-16(24)23(15-7-6-12-3-1-4-13(12)9-15)18-21-11-14-5-2-8-20-17(14)22-18/h2,5-9,11H,1,3-4,10H2. The molecule has 0 saturated carbocycles. The predicted molar refractivity (Wildman–Crippen MR) is 93.7 cm³/mol. The zero-order chi connectivity index (χ0) is 16.5. The van der Waals surface area contributed by atoms with Crippen LogP contribution in [0.1, 0.15) is 17.5 Å². The van der Waals surface area contributed by atoms with E-state index in [1.165, 1.54) is 16.0 Å². The molecular weight excluding hydrogens is 324 g/mol. The summed E-state index contributed by atoms with van der Waals surface area (Å²) in [4.78, 5) is 26.9. The lowest BCUT2D eigenvalue weighted by Crippen LogP contribution is -2.28. The molecule has 1 aromatic carbocycles. The van der Waals surface area contributed by atoms with Gasteiger partial charge in [0.1, 0.15) is 5.88 Å². The van der Waals surface area contributed by atoms with Crippen molar-refractivity contribution in [3.8, 4) is 0 Å². The molecule has 0 fully saturated rings. The summed E-state index contributed by atoms with van der Waals surface area (Å²) < 4.78 is 0. The lowest BCUT2D eigenvalue weighted by atomic mass is 10.1. The van der Waals surface area contributed by atoms with E-state index in [4.69, 9.17) is 11.6 Å². The minimum Gasteiger partial charge on any atom is -0.273 e. The average molecular weight is 339 g/mol. The largest absolute Gasteiger partial charge is 0.273 e. The number of aryl methyl sites for hydroxylation is 2. The number of anilines is 2. The van der Waals surface area contributed by atoms with Crippen molar-refractivity contribution in [1.82, 2.24) is 15.0 Å². The molecule has 2 aromatic heterocycles. The number of alkyl halides is 1. The third-order valence-electron chi connectivity index (χ3n) is 4.25. The summed E-state index contributed by atoms with van der Waals surface area (Å²) in [6.07, 6.45) is 6.62. The highest BCUT2D eigenvalue weighted by Gasteiger charge is 2.22. The molecular formula is C18H15ClN4O. The van der Waals surface area contributed by atoms with E-state index in [-0.39, 0.29) is 11.8 Å². The molecule has 0 bridgehead atoms. The molecule has 3 aromatic rings. The first-order chi connectivity index (χ1) is 11.8. The summed E-state index contributed by atoms with van der Waals surface area (Å²) in [7, 11) is 0. The molecule has 0 spiro atoms. The molecule has 0 unspecified atom stereocenters. The van der Waals surface area contributed by atoms with Gasteiger partial charge in [0.25, 0.3) is 0 Å². The fourth-order valence-corrected chi connectivity index (χ4v) is 3.21. The summed E-state index contributed by atoms with van der Waals surface area (Å²) >= 11 is 5.82. The maximum absolute atomic E-state index is 12.4. The number of carbonyl (C=O) groups is 1. The number of fused-ring (bicyclic) bond motifs is 2. The van der Waals surface area contributed by atoms with Gasteiger partial charge in [-0.1, -0.05) is 6.07 Å². The number of benzene rings is 1. The van der Waals surface area contributed by atoms with E-state index in [0.29, 0.717) is 11.6 Å². The minimum atomic E-state index is -0.259. The molecule has 120 valence electrons. The van der Waals surface area contributed by atoms with Gasteiger partial charge in [-0.3, -0.25) is 4.79 Å². The number of carbonyl (C=O) groups excluding carboxylic acids is 1. The third-order valence-corrected chi connectivity index (χ3v) is 4.47. The zero-order valence-electron chi connectivity index (χ0n) is 12.9. The van der Waals surface area contributed by atoms with Crippen LogP contribution in [0.15, 0.2) is 42.7 Å². The number of hydrogen-bond donors (Lipinski definition) is 0. The van der Waals surface area contributed by atoms with Crippen molar-refractivity contribution in [2.24, 2.45) is 0 Å². The fourth-order valence-electron chi connectivity index (χ4n) is 3.09. The summed E-state index contributed by atoms with van der Waals surface area (Å²) in [6, 6.07) is 9.76. The molecule has 0 saturated heterocycles. The van der Waals surface area contributed by atoms with Gasteiger partial charge < -0.3 is 0 Å². The van der Waals surface area contributed by atoms with E-state index < -0.39 is 0 Å². The normalized spacial score (nSPS) is 13.0. The van der Waals surface area contributed by atoms with Gasteiger partial charge in [-0.15, -0.1) is 11.6 Å². The van der Waals surface area contributed by atoms with Crippen LogP contribution in [0.5, 0.6) is 0 Å². The van der Waals surface area contributed by atoms with Crippen molar-refractivity contribution in [2.45, 2.75) is 19.3 Å². The molecule has 0 N–H and O–H groups in total. The Labute approximate surface area is 144 Å². The molecule has 1 aliphatic rings. The lowest BCUT2D eigenvalue weighted by Gasteiger charge is -2.20. The Bertz CT molecular complexity index is 928. The lowest BCUT2D eigenvalue weighted by molar-refractivity contribution is -0.115. The van der Waals surface area contributed by atoms with Crippen LogP contribution in [0.3, 0.4) is 0 Å². The van der Waals surface area contributed by atoms with E-state index in [2.05, 4.69) is 21.0 Å². The van der Waals surface area contributed by atoms with Crippen molar-refractivity contribution < 1.29 is 4.79 Å². The molecule has 1 amide bonds. The van der Waals surface area contributed by atoms with Crippen LogP contribution in [-0.2, 0) is 17.6 Å². The molecule has 5 nitrogen and oxygen atoms in total. The Balaban J connectivity index is 1.82. The number of halogens is 1. The number of rotatable bonds is 3. The predicted octanol–water partition coefficient (Wildman–Crippen LogP) is 3.42. The summed E-state index contributed by atoms with van der Waals surface area (Å²) in [5.74, 6) is -0.101. The van der Waals surface area contributed by atoms with E-state index in [1.54, 1.807) is 12.4 Å². The van der Waals surface area contributed by atoms with E-state index >= 15 is 0 Å². The third kappa shape index (κ3) is 2.61. The Kier molecular flexibility index (Phi) is 3.86. The van der Waals surface area contributed by atoms with Crippen LogP contribution < -0.4 is 4.90 Å². The van der Waals surface area contributed by atoms with Crippen molar-refractivity contribution >= 4 is 40.2 Å². The summed E-state index contributed by atoms with van der Waals surface area (Å²) in [6.45, 7) is 0. The molecule has 4 rings (SSSR count). The van der Waals surface area contributed by atoms with E-state index in [1.807, 2.05) is 24.3 Å². The Morgan fingerprint density at radius 3 is 2.92 bits per heavy atom. The highest BCUT2D eigenvalue weighted by Crippen LogP contribution is 2.30. The molecule has 24 heavy (non-hydrogen) atoms. The van der Waals surface area contributed by atoms with E-state index in [0.717, 1.165) is 30.3 Å². The van der Waals surface area contributed by atoms with Gasteiger partial charge in [0, 0.05) is 17.8 Å². The highest BCUT2D eigenvalue weighted by molar-refractivity contribution is 6.30. The first-order valence-corrected chi connectivity index (χ1v) is 8.38. The van der Waals surface area contributed by atoms with Gasteiger partial charge in [-0.05, 0) is 54.7 Å².